The standard InChI is InChI=1S/C40H70N6O7/c1-22(2)14-31-36(49)45-34(29-12-10-9-11-13-29)38(51)43-30(21-41)35(48)44-33(25(5)47)37(50)42-26(6)53-32(24(4)39(52)46(31)8)20-40(7)18-27-15-23(3)16-28(17-27)19-40/h22-34,47H,9-21,41H2,1-8H3,(H,42,50)(H,43,51)(H,44,48)(H,45,49)/t23?,24-,25+,26+,27?,28?,30+,31+,32-,33+,34+,40?/m1/s1. The molecule has 0 radical (unpaired) electrons. The Labute approximate surface area is 317 Å². The predicted octanol–water partition coefficient (Wildman–Crippen LogP) is 2.97. The number of rotatable bonds is 7. The van der Waals surface area contributed by atoms with Crippen molar-refractivity contribution in [2.45, 2.75) is 168 Å². The van der Waals surface area contributed by atoms with E-state index in [0.717, 1.165) is 44.9 Å². The van der Waals surface area contributed by atoms with Crippen LogP contribution in [0.4, 0.5) is 0 Å². The van der Waals surface area contributed by atoms with E-state index >= 15 is 0 Å². The van der Waals surface area contributed by atoms with Crippen LogP contribution in [0.3, 0.4) is 0 Å². The number of nitrogens with one attached hydrogen (secondary N) is 4. The zero-order valence-electron chi connectivity index (χ0n) is 33.6. The van der Waals surface area contributed by atoms with Crippen LogP contribution in [0, 0.1) is 40.9 Å². The number of carbonyl (C=O) groups excluding carboxylic acids is 5. The van der Waals surface area contributed by atoms with Crippen LogP contribution in [0.1, 0.15) is 126 Å². The van der Waals surface area contributed by atoms with E-state index in [1.165, 1.54) is 31.1 Å². The molecule has 4 rings (SSSR count). The van der Waals surface area contributed by atoms with Crippen molar-refractivity contribution in [2.24, 2.45) is 46.7 Å². The number of hydrogen-bond donors (Lipinski definition) is 6. The first-order valence-electron chi connectivity index (χ1n) is 20.4. The Morgan fingerprint density at radius 1 is 0.849 bits per heavy atom. The smallest absolute Gasteiger partial charge is 0.247 e. The van der Waals surface area contributed by atoms with Gasteiger partial charge in [-0.1, -0.05) is 53.9 Å². The predicted molar refractivity (Wildman–Crippen MR) is 203 cm³/mol. The Bertz CT molecular complexity index is 1270. The van der Waals surface area contributed by atoms with Crippen molar-refractivity contribution in [1.29, 1.82) is 0 Å². The van der Waals surface area contributed by atoms with Crippen LogP contribution in [0.2, 0.25) is 0 Å². The van der Waals surface area contributed by atoms with E-state index in [1.54, 1.807) is 14.0 Å². The van der Waals surface area contributed by atoms with Gasteiger partial charge in [0.2, 0.25) is 29.5 Å². The summed E-state index contributed by atoms with van der Waals surface area (Å²) in [4.78, 5) is 71.5. The molecule has 3 aliphatic carbocycles. The highest BCUT2D eigenvalue weighted by Crippen LogP contribution is 2.52. The minimum Gasteiger partial charge on any atom is -0.391 e. The first-order chi connectivity index (χ1) is 24.9. The molecule has 0 aromatic rings. The molecule has 1 saturated heterocycles. The summed E-state index contributed by atoms with van der Waals surface area (Å²) in [6.45, 7) is 13.2. The summed E-state index contributed by atoms with van der Waals surface area (Å²) >= 11 is 0. The summed E-state index contributed by atoms with van der Waals surface area (Å²) in [6.07, 6.45) is 8.18. The molecule has 4 fully saturated rings. The number of nitrogens with two attached hydrogens (primary N) is 1. The van der Waals surface area contributed by atoms with E-state index < -0.39 is 72.1 Å². The molecule has 7 N–H and O–H groups in total. The summed E-state index contributed by atoms with van der Waals surface area (Å²) in [5.41, 5.74) is 5.89. The number of likely N-dealkylation sites (N-methyl/N-ethyl adjacent to an activating group) is 1. The van der Waals surface area contributed by atoms with Crippen LogP contribution in [-0.2, 0) is 28.7 Å². The maximum absolute atomic E-state index is 14.6. The van der Waals surface area contributed by atoms with Crippen LogP contribution >= 0.6 is 0 Å². The lowest BCUT2D eigenvalue weighted by atomic mass is 9.58. The molecule has 302 valence electrons. The van der Waals surface area contributed by atoms with Gasteiger partial charge in [0.25, 0.3) is 0 Å². The number of carbonyl (C=O) groups is 5. The number of ether oxygens (including phenoxy) is 1. The van der Waals surface area contributed by atoms with E-state index in [-0.39, 0.29) is 29.7 Å². The fourth-order valence-electron chi connectivity index (χ4n) is 10.1. The van der Waals surface area contributed by atoms with Crippen molar-refractivity contribution >= 4 is 29.5 Å². The van der Waals surface area contributed by atoms with Gasteiger partial charge in [-0.15, -0.1) is 0 Å². The Morgan fingerprint density at radius 3 is 2.04 bits per heavy atom. The van der Waals surface area contributed by atoms with Gasteiger partial charge in [0.15, 0.2) is 0 Å². The molecule has 0 aromatic heterocycles. The molecule has 2 unspecified atom stereocenters. The molecule has 4 aliphatic rings. The summed E-state index contributed by atoms with van der Waals surface area (Å²) in [7, 11) is 1.65. The third kappa shape index (κ3) is 11.4. The van der Waals surface area contributed by atoms with Crippen LogP contribution in [0.5, 0.6) is 0 Å². The summed E-state index contributed by atoms with van der Waals surface area (Å²) in [6, 6.07) is -4.41. The van der Waals surface area contributed by atoms with Crippen molar-refractivity contribution < 1.29 is 33.8 Å². The van der Waals surface area contributed by atoms with Gasteiger partial charge in [-0.05, 0) is 107 Å². The molecule has 2 bridgehead atoms. The Morgan fingerprint density at radius 2 is 1.47 bits per heavy atom. The highest BCUT2D eigenvalue weighted by molar-refractivity contribution is 5.96. The molecule has 13 nitrogen and oxygen atoms in total. The molecule has 5 amide bonds. The lowest BCUT2D eigenvalue weighted by molar-refractivity contribution is -0.152. The van der Waals surface area contributed by atoms with Gasteiger partial charge < -0.3 is 41.7 Å². The fourth-order valence-corrected chi connectivity index (χ4v) is 10.1. The third-order valence-corrected chi connectivity index (χ3v) is 12.5. The molecule has 53 heavy (non-hydrogen) atoms. The summed E-state index contributed by atoms with van der Waals surface area (Å²) < 4.78 is 6.61. The monoisotopic (exact) mass is 747 g/mol. The van der Waals surface area contributed by atoms with Gasteiger partial charge >= 0.3 is 0 Å². The van der Waals surface area contributed by atoms with Crippen LogP contribution in [0.15, 0.2) is 0 Å². The van der Waals surface area contributed by atoms with E-state index in [0.29, 0.717) is 30.6 Å². The van der Waals surface area contributed by atoms with Gasteiger partial charge in [0, 0.05) is 13.6 Å². The van der Waals surface area contributed by atoms with Gasteiger partial charge in [0.1, 0.15) is 30.4 Å². The molecule has 1 heterocycles. The van der Waals surface area contributed by atoms with Crippen LogP contribution in [-0.4, -0.2) is 95.7 Å². The second-order valence-corrected chi connectivity index (χ2v) is 18.1. The maximum atomic E-state index is 14.6. The molecule has 13 heteroatoms. The Kier molecular flexibility index (Phi) is 15.2. The lowest BCUT2D eigenvalue weighted by Crippen LogP contribution is -2.63. The van der Waals surface area contributed by atoms with E-state index in [9.17, 15) is 29.1 Å². The van der Waals surface area contributed by atoms with Crippen molar-refractivity contribution in [3.8, 4) is 0 Å². The molecule has 1 aliphatic heterocycles. The third-order valence-electron chi connectivity index (χ3n) is 12.5. The van der Waals surface area contributed by atoms with Crippen molar-refractivity contribution in [3.05, 3.63) is 0 Å². The normalized spacial score (nSPS) is 38.2. The molecule has 0 aromatic carbocycles. The molecule has 0 spiro atoms. The first-order valence-corrected chi connectivity index (χ1v) is 20.4. The van der Waals surface area contributed by atoms with Crippen molar-refractivity contribution in [3.63, 3.8) is 0 Å². The topological polar surface area (TPSA) is 192 Å². The summed E-state index contributed by atoms with van der Waals surface area (Å²) in [5.74, 6) is -1.47. The number of amides is 5. The zero-order chi connectivity index (χ0) is 39.2. The van der Waals surface area contributed by atoms with Gasteiger partial charge in [-0.2, -0.15) is 0 Å². The molecule has 3 saturated carbocycles. The fraction of sp³-hybridized carbons (Fsp3) is 0.875. The highest BCUT2D eigenvalue weighted by atomic mass is 16.5. The zero-order valence-corrected chi connectivity index (χ0v) is 33.6. The SMILES string of the molecule is CC(C)C[C@H]1C(=O)N[C@@H](C2CCCCC2)C(=O)N[C@@H](CN)C(=O)N[C@@H]([C@H](C)O)C(=O)N[C@H](C)O[C@H](CC2(C)CC3CC(C)CC(C3)C2)[C@@H](C)C(=O)N1C. The quantitative estimate of drug-likeness (QED) is 0.229. The van der Waals surface area contributed by atoms with Gasteiger partial charge in [-0.3, -0.25) is 24.0 Å². The number of aliphatic hydroxyl groups is 1. The molecule has 10 atom stereocenters. The second kappa shape index (κ2) is 18.7. The van der Waals surface area contributed by atoms with Gasteiger partial charge in [0.05, 0.1) is 18.1 Å². The van der Waals surface area contributed by atoms with Crippen molar-refractivity contribution in [1.82, 2.24) is 26.2 Å². The highest BCUT2D eigenvalue weighted by Gasteiger charge is 2.45. The number of hydrogen-bond acceptors (Lipinski definition) is 8. The number of aliphatic hydroxyl groups excluding tert-OH is 1. The van der Waals surface area contributed by atoms with Gasteiger partial charge in [-0.25, -0.2) is 0 Å². The van der Waals surface area contributed by atoms with E-state index in [1.807, 2.05) is 20.8 Å². The molecular weight excluding hydrogens is 676 g/mol. The second-order valence-electron chi connectivity index (χ2n) is 18.1. The number of nitrogens with zero attached hydrogens (tertiary/aromatic N) is 1. The van der Waals surface area contributed by atoms with Crippen LogP contribution in [0.25, 0.3) is 0 Å². The summed E-state index contributed by atoms with van der Waals surface area (Å²) in [5, 5.41) is 21.7. The Hall–Kier alpha value is -2.77. The minimum absolute atomic E-state index is 0.0635. The maximum Gasteiger partial charge on any atom is 0.247 e. The Balaban J connectivity index is 1.72. The largest absolute Gasteiger partial charge is 0.391 e. The van der Waals surface area contributed by atoms with Crippen molar-refractivity contribution in [2.75, 3.05) is 13.6 Å². The first kappa shape index (κ1) is 43.0. The molecular formula is C40H70N6O7. The minimum atomic E-state index is -1.37. The van der Waals surface area contributed by atoms with E-state index in [4.69, 9.17) is 10.5 Å². The van der Waals surface area contributed by atoms with Crippen LogP contribution < -0.4 is 27.0 Å². The van der Waals surface area contributed by atoms with E-state index in [2.05, 4.69) is 35.1 Å². The average Bonchev–Trinajstić information content (AvgIpc) is 3.08. The average molecular weight is 747 g/mol. The number of fused-ring (bicyclic) bond motifs is 2. The lowest BCUT2D eigenvalue weighted by Gasteiger charge is -2.49.